The SMILES string of the molecule is Cc1ccc(S(=O)(=O)Nc2nc(O)cs2)cc1. The first-order chi connectivity index (χ1) is 7.97. The molecular weight excluding hydrogens is 260 g/mol. The molecule has 0 radical (unpaired) electrons. The van der Waals surface area contributed by atoms with Gasteiger partial charge in [0.25, 0.3) is 10.0 Å². The lowest BCUT2D eigenvalue weighted by molar-refractivity contribution is 0.458. The summed E-state index contributed by atoms with van der Waals surface area (Å²) in [6.07, 6.45) is 0. The highest BCUT2D eigenvalue weighted by Crippen LogP contribution is 2.22. The van der Waals surface area contributed by atoms with Crippen LogP contribution in [0.25, 0.3) is 0 Å². The molecule has 5 nitrogen and oxygen atoms in total. The monoisotopic (exact) mass is 270 g/mol. The molecule has 0 saturated carbocycles. The molecule has 0 aliphatic rings. The van der Waals surface area contributed by atoms with Crippen LogP contribution >= 0.6 is 11.3 Å². The van der Waals surface area contributed by atoms with Crippen LogP contribution in [0, 0.1) is 6.92 Å². The molecule has 2 rings (SSSR count). The minimum absolute atomic E-state index is 0.142. The number of rotatable bonds is 3. The van der Waals surface area contributed by atoms with Crippen LogP contribution in [0.15, 0.2) is 34.5 Å². The van der Waals surface area contributed by atoms with Crippen LogP contribution in [0.4, 0.5) is 5.13 Å². The Morgan fingerprint density at radius 2 is 1.94 bits per heavy atom. The van der Waals surface area contributed by atoms with Gasteiger partial charge in [-0.2, -0.15) is 4.98 Å². The van der Waals surface area contributed by atoms with Gasteiger partial charge in [0.05, 0.1) is 10.3 Å². The number of benzene rings is 1. The fourth-order valence-electron chi connectivity index (χ4n) is 1.20. The van der Waals surface area contributed by atoms with Crippen molar-refractivity contribution < 1.29 is 13.5 Å². The Morgan fingerprint density at radius 1 is 1.29 bits per heavy atom. The zero-order valence-corrected chi connectivity index (χ0v) is 10.5. The number of hydrogen-bond acceptors (Lipinski definition) is 5. The van der Waals surface area contributed by atoms with Gasteiger partial charge in [-0.1, -0.05) is 17.7 Å². The van der Waals surface area contributed by atoms with Gasteiger partial charge < -0.3 is 5.11 Å². The van der Waals surface area contributed by atoms with Gasteiger partial charge >= 0.3 is 0 Å². The highest BCUT2D eigenvalue weighted by molar-refractivity contribution is 7.93. The molecule has 0 atom stereocenters. The summed E-state index contributed by atoms with van der Waals surface area (Å²) in [5.41, 5.74) is 0.982. The normalized spacial score (nSPS) is 11.4. The van der Waals surface area contributed by atoms with Crippen molar-refractivity contribution in [2.75, 3.05) is 4.72 Å². The van der Waals surface area contributed by atoms with Gasteiger partial charge in [-0.15, -0.1) is 11.3 Å². The maximum Gasteiger partial charge on any atom is 0.263 e. The number of aromatic hydroxyl groups is 1. The van der Waals surface area contributed by atoms with Crippen molar-refractivity contribution in [1.82, 2.24) is 4.98 Å². The lowest BCUT2D eigenvalue weighted by Gasteiger charge is -2.04. The van der Waals surface area contributed by atoms with Crippen molar-refractivity contribution in [3.05, 3.63) is 35.2 Å². The van der Waals surface area contributed by atoms with E-state index in [1.165, 1.54) is 17.5 Å². The Labute approximate surface area is 103 Å². The van der Waals surface area contributed by atoms with Crippen LogP contribution in [-0.4, -0.2) is 18.5 Å². The maximum atomic E-state index is 11.9. The van der Waals surface area contributed by atoms with E-state index in [2.05, 4.69) is 9.71 Å². The molecular formula is C10H10N2O3S2. The van der Waals surface area contributed by atoms with E-state index >= 15 is 0 Å². The van der Waals surface area contributed by atoms with Crippen LogP contribution in [-0.2, 0) is 10.0 Å². The van der Waals surface area contributed by atoms with E-state index in [1.807, 2.05) is 6.92 Å². The maximum absolute atomic E-state index is 11.9. The zero-order chi connectivity index (χ0) is 12.5. The van der Waals surface area contributed by atoms with Crippen molar-refractivity contribution >= 4 is 26.5 Å². The summed E-state index contributed by atoms with van der Waals surface area (Å²) in [4.78, 5) is 3.79. The van der Waals surface area contributed by atoms with Crippen molar-refractivity contribution in [2.24, 2.45) is 0 Å². The first kappa shape index (κ1) is 11.9. The molecule has 2 N–H and O–H groups in total. The Morgan fingerprint density at radius 3 is 2.47 bits per heavy atom. The Hall–Kier alpha value is -1.60. The average Bonchev–Trinajstić information content (AvgIpc) is 2.63. The molecule has 0 aliphatic heterocycles. The Bertz CT molecular complexity index is 617. The summed E-state index contributed by atoms with van der Waals surface area (Å²) >= 11 is 1.02. The van der Waals surface area contributed by atoms with Gasteiger partial charge in [0, 0.05) is 0 Å². The molecule has 90 valence electrons. The zero-order valence-electron chi connectivity index (χ0n) is 8.91. The average molecular weight is 270 g/mol. The van der Waals surface area contributed by atoms with Gasteiger partial charge in [0.2, 0.25) is 5.88 Å². The quantitative estimate of drug-likeness (QED) is 0.893. The van der Waals surface area contributed by atoms with Crippen molar-refractivity contribution in [3.8, 4) is 5.88 Å². The molecule has 0 spiro atoms. The summed E-state index contributed by atoms with van der Waals surface area (Å²) in [5, 5.41) is 10.5. The number of sulfonamides is 1. The predicted molar refractivity (Wildman–Crippen MR) is 65.8 cm³/mol. The van der Waals surface area contributed by atoms with E-state index in [-0.39, 0.29) is 15.9 Å². The first-order valence-electron chi connectivity index (χ1n) is 4.71. The minimum atomic E-state index is -3.63. The number of nitrogens with one attached hydrogen (secondary N) is 1. The predicted octanol–water partition coefficient (Wildman–Crippen LogP) is 1.96. The van der Waals surface area contributed by atoms with Crippen LogP contribution in [0.5, 0.6) is 5.88 Å². The molecule has 0 unspecified atom stereocenters. The topological polar surface area (TPSA) is 79.3 Å². The second-order valence-electron chi connectivity index (χ2n) is 3.43. The van der Waals surface area contributed by atoms with E-state index in [4.69, 9.17) is 5.11 Å². The van der Waals surface area contributed by atoms with Crippen LogP contribution in [0.1, 0.15) is 5.56 Å². The fourth-order valence-corrected chi connectivity index (χ4v) is 3.03. The number of hydrogen-bond donors (Lipinski definition) is 2. The largest absolute Gasteiger partial charge is 0.493 e. The smallest absolute Gasteiger partial charge is 0.263 e. The minimum Gasteiger partial charge on any atom is -0.493 e. The molecule has 1 aromatic heterocycles. The van der Waals surface area contributed by atoms with E-state index in [1.54, 1.807) is 12.1 Å². The van der Waals surface area contributed by atoms with E-state index in [0.717, 1.165) is 16.9 Å². The van der Waals surface area contributed by atoms with Crippen LogP contribution in [0.2, 0.25) is 0 Å². The molecule has 1 aromatic carbocycles. The van der Waals surface area contributed by atoms with Gasteiger partial charge in [-0.3, -0.25) is 4.72 Å². The number of anilines is 1. The fraction of sp³-hybridized carbons (Fsp3) is 0.100. The highest BCUT2D eigenvalue weighted by atomic mass is 32.2. The Kier molecular flexibility index (Phi) is 3.03. The molecule has 0 amide bonds. The summed E-state index contributed by atoms with van der Waals surface area (Å²) in [6, 6.07) is 6.47. The molecule has 7 heteroatoms. The van der Waals surface area contributed by atoms with Gasteiger partial charge in [-0.05, 0) is 19.1 Å². The van der Waals surface area contributed by atoms with Gasteiger partial charge in [0.1, 0.15) is 0 Å². The van der Waals surface area contributed by atoms with Gasteiger partial charge in [0.15, 0.2) is 5.13 Å². The third-order valence-corrected chi connectivity index (χ3v) is 4.27. The van der Waals surface area contributed by atoms with Crippen molar-refractivity contribution in [3.63, 3.8) is 0 Å². The first-order valence-corrected chi connectivity index (χ1v) is 7.08. The molecule has 17 heavy (non-hydrogen) atoms. The molecule has 2 aromatic rings. The van der Waals surface area contributed by atoms with Crippen LogP contribution < -0.4 is 4.72 Å². The summed E-state index contributed by atoms with van der Waals surface area (Å²) in [7, 11) is -3.63. The summed E-state index contributed by atoms with van der Waals surface area (Å²) < 4.78 is 26.1. The number of aromatic nitrogens is 1. The number of thiazole rings is 1. The summed E-state index contributed by atoms with van der Waals surface area (Å²) in [6.45, 7) is 1.88. The molecule has 1 heterocycles. The molecule has 0 aliphatic carbocycles. The molecule has 0 saturated heterocycles. The van der Waals surface area contributed by atoms with E-state index in [9.17, 15) is 8.42 Å². The van der Waals surface area contributed by atoms with Crippen LogP contribution in [0.3, 0.4) is 0 Å². The second kappa shape index (κ2) is 4.34. The lowest BCUT2D eigenvalue weighted by Crippen LogP contribution is -2.12. The second-order valence-corrected chi connectivity index (χ2v) is 5.97. The van der Waals surface area contributed by atoms with E-state index < -0.39 is 10.0 Å². The van der Waals surface area contributed by atoms with Crippen molar-refractivity contribution in [2.45, 2.75) is 11.8 Å². The lowest BCUT2D eigenvalue weighted by atomic mass is 10.2. The van der Waals surface area contributed by atoms with Crippen molar-refractivity contribution in [1.29, 1.82) is 0 Å². The third kappa shape index (κ3) is 2.75. The number of nitrogens with zero attached hydrogens (tertiary/aromatic N) is 1. The standard InChI is InChI=1S/C10H10N2O3S2/c1-7-2-4-8(5-3-7)17(14,15)12-10-11-9(13)6-16-10/h2-6,13H,1H3,(H,11,12). The number of aryl methyl sites for hydroxylation is 1. The molecule has 0 fully saturated rings. The van der Waals surface area contributed by atoms with E-state index in [0.29, 0.717) is 0 Å². The highest BCUT2D eigenvalue weighted by Gasteiger charge is 2.15. The summed E-state index contributed by atoms with van der Waals surface area (Å²) in [5.74, 6) is -0.198. The molecule has 0 bridgehead atoms. The van der Waals surface area contributed by atoms with Gasteiger partial charge in [-0.25, -0.2) is 8.42 Å². The third-order valence-electron chi connectivity index (χ3n) is 2.05. The Balaban J connectivity index is 2.28.